The van der Waals surface area contributed by atoms with Crippen molar-refractivity contribution in [1.82, 2.24) is 4.98 Å². The van der Waals surface area contributed by atoms with Crippen molar-refractivity contribution in [2.45, 2.75) is 33.1 Å². The molecule has 0 aliphatic carbocycles. The van der Waals surface area contributed by atoms with Gasteiger partial charge >= 0.3 is 5.97 Å². The smallest absolute Gasteiger partial charge is 0.350 e. The van der Waals surface area contributed by atoms with E-state index in [1.165, 1.54) is 31.2 Å². The summed E-state index contributed by atoms with van der Waals surface area (Å²) in [5, 5.41) is 2.15. The summed E-state index contributed by atoms with van der Waals surface area (Å²) in [6, 6.07) is 14.9. The first-order valence-corrected chi connectivity index (χ1v) is 11.6. The average Bonchev–Trinajstić information content (AvgIpc) is 3.37. The molecule has 1 aromatic carbocycles. The highest BCUT2D eigenvalue weighted by molar-refractivity contribution is 7.28. The average molecular weight is 428 g/mol. The van der Waals surface area contributed by atoms with E-state index in [1.807, 2.05) is 6.92 Å². The van der Waals surface area contributed by atoms with Crippen LogP contribution in [-0.2, 0) is 10.2 Å². The van der Waals surface area contributed by atoms with Crippen molar-refractivity contribution in [2.75, 3.05) is 6.61 Å². The van der Waals surface area contributed by atoms with Crippen LogP contribution in [0.4, 0.5) is 0 Å². The Morgan fingerprint density at radius 3 is 2.46 bits per heavy atom. The van der Waals surface area contributed by atoms with Gasteiger partial charge in [0.05, 0.1) is 17.2 Å². The van der Waals surface area contributed by atoms with Gasteiger partial charge < -0.3 is 4.74 Å². The molecule has 0 atom stereocenters. The van der Waals surface area contributed by atoms with Gasteiger partial charge in [-0.2, -0.15) is 0 Å². The van der Waals surface area contributed by atoms with E-state index in [4.69, 9.17) is 9.72 Å². The first-order valence-electron chi connectivity index (χ1n) is 9.14. The number of hydrogen-bond donors (Lipinski definition) is 0. The predicted molar refractivity (Wildman–Crippen MR) is 121 cm³/mol. The fraction of sp³-hybridized carbons (Fsp3) is 0.273. The summed E-state index contributed by atoms with van der Waals surface area (Å²) in [5.74, 6) is -0.280. The monoisotopic (exact) mass is 427 g/mol. The minimum Gasteiger partial charge on any atom is -0.462 e. The van der Waals surface area contributed by atoms with Crippen LogP contribution >= 0.6 is 34.0 Å². The van der Waals surface area contributed by atoms with Crippen LogP contribution in [0.5, 0.6) is 0 Å². The molecule has 6 heteroatoms. The number of aromatic nitrogens is 1. The molecule has 0 amide bonds. The molecule has 28 heavy (non-hydrogen) atoms. The summed E-state index contributed by atoms with van der Waals surface area (Å²) in [4.78, 5) is 21.5. The van der Waals surface area contributed by atoms with Crippen LogP contribution in [0, 0.1) is 0 Å². The van der Waals surface area contributed by atoms with Crippen molar-refractivity contribution in [2.24, 2.45) is 0 Å². The van der Waals surface area contributed by atoms with Crippen LogP contribution in [0.3, 0.4) is 0 Å². The molecule has 144 valence electrons. The van der Waals surface area contributed by atoms with Crippen molar-refractivity contribution < 1.29 is 9.53 Å². The highest BCUT2D eigenvalue weighted by Gasteiger charge is 2.28. The number of nitrogens with zero attached hydrogens (tertiary/aromatic N) is 1. The second-order valence-electron chi connectivity index (χ2n) is 7.48. The van der Waals surface area contributed by atoms with Crippen molar-refractivity contribution in [1.29, 1.82) is 0 Å². The quantitative estimate of drug-likeness (QED) is 0.323. The van der Waals surface area contributed by atoms with Gasteiger partial charge in [-0.05, 0) is 36.6 Å². The van der Waals surface area contributed by atoms with Gasteiger partial charge in [0.25, 0.3) is 0 Å². The van der Waals surface area contributed by atoms with E-state index in [0.29, 0.717) is 11.5 Å². The number of rotatable bonds is 4. The second-order valence-corrected chi connectivity index (χ2v) is 10.6. The highest BCUT2D eigenvalue weighted by Crippen LogP contribution is 2.42. The molecule has 4 aromatic rings. The lowest BCUT2D eigenvalue weighted by Crippen LogP contribution is -2.17. The van der Waals surface area contributed by atoms with Crippen molar-refractivity contribution in [3.63, 3.8) is 0 Å². The predicted octanol–water partition coefficient (Wildman–Crippen LogP) is 7.23. The summed E-state index contributed by atoms with van der Waals surface area (Å²) in [7, 11) is 0. The van der Waals surface area contributed by atoms with Crippen LogP contribution in [0.25, 0.3) is 29.7 Å². The van der Waals surface area contributed by atoms with Gasteiger partial charge in [0, 0.05) is 19.9 Å². The molecule has 3 nitrogen and oxygen atoms in total. The number of benzene rings is 1. The SMILES string of the molecule is CCOC(=O)c1sc(-c2ccc(-c3cc4ccccc4s3)s2)nc1C(C)(C)C. The molecule has 0 aliphatic heterocycles. The molecular weight excluding hydrogens is 406 g/mol. The molecule has 0 N–H and O–H groups in total. The molecular formula is C22H21NO2S3. The molecule has 0 saturated heterocycles. The minimum atomic E-state index is -0.280. The molecule has 0 aliphatic rings. The lowest BCUT2D eigenvalue weighted by Gasteiger charge is -2.16. The van der Waals surface area contributed by atoms with Crippen LogP contribution < -0.4 is 0 Å². The van der Waals surface area contributed by atoms with E-state index in [2.05, 4.69) is 63.2 Å². The highest BCUT2D eigenvalue weighted by atomic mass is 32.1. The van der Waals surface area contributed by atoms with Crippen LogP contribution in [0.1, 0.15) is 43.1 Å². The summed E-state index contributed by atoms with van der Waals surface area (Å²) < 4.78 is 6.55. The standard InChI is InChI=1S/C22H21NO2S3/c1-5-25-21(24)18-19(22(2,3)4)23-20(28-18)16-11-10-15(27-16)17-12-13-8-6-7-9-14(13)26-17/h6-12H,5H2,1-4H3. The normalized spacial score (nSPS) is 11.9. The molecule has 0 bridgehead atoms. The number of fused-ring (bicyclic) bond motifs is 1. The van der Waals surface area contributed by atoms with Crippen molar-refractivity contribution in [3.05, 3.63) is 53.0 Å². The second kappa shape index (κ2) is 7.43. The lowest BCUT2D eigenvalue weighted by atomic mass is 9.91. The Labute approximate surface area is 176 Å². The van der Waals surface area contributed by atoms with Crippen LogP contribution in [-0.4, -0.2) is 17.6 Å². The number of hydrogen-bond acceptors (Lipinski definition) is 6. The van der Waals surface area contributed by atoms with E-state index in [0.717, 1.165) is 15.6 Å². The zero-order valence-corrected chi connectivity index (χ0v) is 18.7. The Bertz CT molecular complexity index is 1110. The first kappa shape index (κ1) is 19.3. The third-order valence-corrected chi connectivity index (χ3v) is 7.89. The van der Waals surface area contributed by atoms with Crippen LogP contribution in [0.2, 0.25) is 0 Å². The fourth-order valence-electron chi connectivity index (χ4n) is 2.96. The van der Waals surface area contributed by atoms with Crippen LogP contribution in [0.15, 0.2) is 42.5 Å². The zero-order chi connectivity index (χ0) is 19.9. The molecule has 3 aromatic heterocycles. The van der Waals surface area contributed by atoms with Gasteiger partial charge in [-0.1, -0.05) is 39.0 Å². The Balaban J connectivity index is 1.73. The van der Waals surface area contributed by atoms with Gasteiger partial charge in [-0.3, -0.25) is 0 Å². The van der Waals surface area contributed by atoms with Crippen molar-refractivity contribution >= 4 is 50.1 Å². The van der Waals surface area contributed by atoms with Gasteiger partial charge in [0.2, 0.25) is 0 Å². The maximum atomic E-state index is 12.4. The van der Waals surface area contributed by atoms with Gasteiger partial charge in [-0.15, -0.1) is 34.0 Å². The van der Waals surface area contributed by atoms with Gasteiger partial charge in [0.1, 0.15) is 9.88 Å². The number of carbonyl (C=O) groups is 1. The summed E-state index contributed by atoms with van der Waals surface area (Å²) >= 11 is 4.95. The van der Waals surface area contributed by atoms with Gasteiger partial charge in [0.15, 0.2) is 0 Å². The van der Waals surface area contributed by atoms with E-state index in [-0.39, 0.29) is 11.4 Å². The third-order valence-electron chi connectivity index (χ3n) is 4.28. The maximum absolute atomic E-state index is 12.4. The van der Waals surface area contributed by atoms with E-state index >= 15 is 0 Å². The Hall–Kier alpha value is -2.02. The summed E-state index contributed by atoms with van der Waals surface area (Å²) in [5.41, 5.74) is 0.588. The summed E-state index contributed by atoms with van der Waals surface area (Å²) in [6.45, 7) is 8.42. The Kier molecular flexibility index (Phi) is 5.12. The molecule has 0 saturated carbocycles. The Morgan fingerprint density at radius 1 is 1.00 bits per heavy atom. The first-order chi connectivity index (χ1) is 13.4. The number of esters is 1. The number of thiophene rings is 2. The molecule has 0 unspecified atom stereocenters. The fourth-order valence-corrected chi connectivity index (χ4v) is 6.33. The third kappa shape index (κ3) is 3.64. The maximum Gasteiger partial charge on any atom is 0.350 e. The molecule has 4 rings (SSSR count). The minimum absolute atomic E-state index is 0.220. The largest absolute Gasteiger partial charge is 0.462 e. The van der Waals surface area contributed by atoms with E-state index < -0.39 is 0 Å². The van der Waals surface area contributed by atoms with Crippen molar-refractivity contribution in [3.8, 4) is 19.6 Å². The van der Waals surface area contributed by atoms with E-state index in [1.54, 1.807) is 22.7 Å². The molecule has 0 fully saturated rings. The lowest BCUT2D eigenvalue weighted by molar-refractivity contribution is 0.0529. The number of thiazole rings is 1. The van der Waals surface area contributed by atoms with E-state index in [9.17, 15) is 4.79 Å². The molecule has 0 radical (unpaired) electrons. The summed E-state index contributed by atoms with van der Waals surface area (Å²) in [6.07, 6.45) is 0. The number of ether oxygens (including phenoxy) is 1. The van der Waals surface area contributed by atoms with Gasteiger partial charge in [-0.25, -0.2) is 9.78 Å². The molecule has 3 heterocycles. The Morgan fingerprint density at radius 2 is 1.75 bits per heavy atom. The molecule has 0 spiro atoms. The number of carbonyl (C=O) groups excluding carboxylic acids is 1. The zero-order valence-electron chi connectivity index (χ0n) is 16.2. The topological polar surface area (TPSA) is 39.2 Å².